The molecule has 0 spiro atoms. The minimum atomic E-state index is -0.428. The van der Waals surface area contributed by atoms with Gasteiger partial charge in [-0.3, -0.25) is 10.1 Å². The molecular formula is C19H12N4O2. The minimum absolute atomic E-state index is 0.0400. The fourth-order valence-electron chi connectivity index (χ4n) is 2.69. The number of aromatic nitrogens is 1. The molecule has 120 valence electrons. The Morgan fingerprint density at radius 3 is 2.44 bits per heavy atom. The fraction of sp³-hybridized carbons (Fsp3) is 0.0526. The van der Waals surface area contributed by atoms with Gasteiger partial charge in [0.25, 0.3) is 5.69 Å². The first-order valence-corrected chi connectivity index (χ1v) is 7.45. The molecule has 6 heteroatoms. The topological polar surface area (TPSA) is 95.7 Å². The van der Waals surface area contributed by atoms with E-state index in [-0.39, 0.29) is 11.3 Å². The van der Waals surface area contributed by atoms with Gasteiger partial charge in [-0.1, -0.05) is 30.3 Å². The van der Waals surface area contributed by atoms with E-state index in [9.17, 15) is 10.1 Å². The second-order valence-electron chi connectivity index (χ2n) is 5.43. The molecule has 0 N–H and O–H groups in total. The molecule has 6 nitrogen and oxygen atoms in total. The number of nitriles is 2. The van der Waals surface area contributed by atoms with Gasteiger partial charge in [-0.15, -0.1) is 0 Å². The van der Waals surface area contributed by atoms with E-state index in [2.05, 4.69) is 0 Å². The van der Waals surface area contributed by atoms with E-state index >= 15 is 0 Å². The van der Waals surface area contributed by atoms with E-state index in [4.69, 9.17) is 10.5 Å². The molecule has 0 amide bonds. The van der Waals surface area contributed by atoms with Crippen LogP contribution in [0.5, 0.6) is 0 Å². The first kappa shape index (κ1) is 16.0. The van der Waals surface area contributed by atoms with Gasteiger partial charge < -0.3 is 4.57 Å². The summed E-state index contributed by atoms with van der Waals surface area (Å²) >= 11 is 0. The van der Waals surface area contributed by atoms with Gasteiger partial charge in [0.1, 0.15) is 17.7 Å². The average molecular weight is 328 g/mol. The lowest BCUT2D eigenvalue weighted by molar-refractivity contribution is -0.384. The summed E-state index contributed by atoms with van der Waals surface area (Å²) in [5.41, 5.74) is 2.76. The zero-order valence-electron chi connectivity index (χ0n) is 13.1. The lowest BCUT2D eigenvalue weighted by atomic mass is 10.1. The van der Waals surface area contributed by atoms with Crippen LogP contribution in [-0.2, 0) is 6.54 Å². The van der Waals surface area contributed by atoms with Crippen LogP contribution in [0.15, 0.2) is 60.3 Å². The van der Waals surface area contributed by atoms with Crippen LogP contribution in [-0.4, -0.2) is 9.49 Å². The Kier molecular flexibility index (Phi) is 4.28. The van der Waals surface area contributed by atoms with Gasteiger partial charge in [-0.2, -0.15) is 10.5 Å². The molecule has 0 aliphatic carbocycles. The highest BCUT2D eigenvalue weighted by Gasteiger charge is 2.09. The van der Waals surface area contributed by atoms with Crippen molar-refractivity contribution in [3.05, 3.63) is 81.5 Å². The van der Waals surface area contributed by atoms with Crippen molar-refractivity contribution < 1.29 is 4.92 Å². The molecule has 0 atom stereocenters. The maximum Gasteiger partial charge on any atom is 0.269 e. The van der Waals surface area contributed by atoms with E-state index < -0.39 is 4.92 Å². The van der Waals surface area contributed by atoms with E-state index in [1.54, 1.807) is 18.2 Å². The molecule has 1 aromatic heterocycles. The molecule has 0 unspecified atom stereocenters. The molecule has 3 aromatic rings. The molecule has 0 saturated heterocycles. The number of fused-ring (bicyclic) bond motifs is 1. The van der Waals surface area contributed by atoms with Gasteiger partial charge in [0.05, 0.1) is 4.92 Å². The third kappa shape index (κ3) is 3.24. The Balaban J connectivity index is 2.02. The molecule has 3 rings (SSSR count). The minimum Gasteiger partial charge on any atom is -0.342 e. The summed E-state index contributed by atoms with van der Waals surface area (Å²) in [6.45, 7) is 0.529. The number of nitro benzene ring substituents is 1. The summed E-state index contributed by atoms with van der Waals surface area (Å²) in [4.78, 5) is 10.3. The predicted molar refractivity (Wildman–Crippen MR) is 93.3 cm³/mol. The lowest BCUT2D eigenvalue weighted by Gasteiger charge is -2.05. The second kappa shape index (κ2) is 6.69. The number of nitro groups is 1. The summed E-state index contributed by atoms with van der Waals surface area (Å²) in [6.07, 6.45) is 3.44. The monoisotopic (exact) mass is 328 g/mol. The van der Waals surface area contributed by atoms with Gasteiger partial charge in [-0.25, -0.2) is 0 Å². The van der Waals surface area contributed by atoms with Crippen LogP contribution in [0, 0.1) is 32.8 Å². The number of allylic oxidation sites excluding steroid dienone is 1. The largest absolute Gasteiger partial charge is 0.342 e. The van der Waals surface area contributed by atoms with Crippen molar-refractivity contribution in [1.82, 2.24) is 4.57 Å². The van der Waals surface area contributed by atoms with Crippen molar-refractivity contribution in [3.63, 3.8) is 0 Å². The smallest absolute Gasteiger partial charge is 0.269 e. The molecule has 0 fully saturated rings. The lowest BCUT2D eigenvalue weighted by Crippen LogP contribution is -1.98. The van der Waals surface area contributed by atoms with Crippen molar-refractivity contribution >= 4 is 22.7 Å². The van der Waals surface area contributed by atoms with Crippen LogP contribution >= 0.6 is 0 Å². The first-order valence-electron chi connectivity index (χ1n) is 7.45. The van der Waals surface area contributed by atoms with Gasteiger partial charge in [0, 0.05) is 41.3 Å². The second-order valence-corrected chi connectivity index (χ2v) is 5.43. The number of benzene rings is 2. The Bertz CT molecular complexity index is 1050. The number of rotatable bonds is 4. The number of nitrogens with zero attached hydrogens (tertiary/aromatic N) is 4. The zero-order chi connectivity index (χ0) is 17.8. The van der Waals surface area contributed by atoms with Crippen LogP contribution in [0.4, 0.5) is 5.69 Å². The van der Waals surface area contributed by atoms with Gasteiger partial charge in [0.2, 0.25) is 0 Å². The van der Waals surface area contributed by atoms with E-state index in [1.165, 1.54) is 12.1 Å². The van der Waals surface area contributed by atoms with Crippen LogP contribution in [0.3, 0.4) is 0 Å². The molecular weight excluding hydrogens is 316 g/mol. The van der Waals surface area contributed by atoms with Crippen LogP contribution in [0.25, 0.3) is 17.0 Å². The normalized spacial score (nSPS) is 10.0. The summed E-state index contributed by atoms with van der Waals surface area (Å²) in [5.74, 6) is 0. The molecule has 0 aliphatic rings. The van der Waals surface area contributed by atoms with Crippen molar-refractivity contribution in [1.29, 1.82) is 10.5 Å². The Morgan fingerprint density at radius 2 is 1.80 bits per heavy atom. The van der Waals surface area contributed by atoms with Crippen LogP contribution in [0.2, 0.25) is 0 Å². The summed E-state index contributed by atoms with van der Waals surface area (Å²) < 4.78 is 1.99. The number of hydrogen-bond donors (Lipinski definition) is 0. The van der Waals surface area contributed by atoms with E-state index in [1.807, 2.05) is 47.2 Å². The van der Waals surface area contributed by atoms with Crippen LogP contribution < -0.4 is 0 Å². The fourth-order valence-corrected chi connectivity index (χ4v) is 2.69. The van der Waals surface area contributed by atoms with E-state index in [0.29, 0.717) is 6.54 Å². The Morgan fingerprint density at radius 1 is 1.12 bits per heavy atom. The van der Waals surface area contributed by atoms with E-state index in [0.717, 1.165) is 22.0 Å². The maximum absolute atomic E-state index is 10.7. The van der Waals surface area contributed by atoms with Crippen molar-refractivity contribution in [2.75, 3.05) is 0 Å². The quantitative estimate of drug-likeness (QED) is 0.410. The highest BCUT2D eigenvalue weighted by atomic mass is 16.6. The van der Waals surface area contributed by atoms with Gasteiger partial charge >= 0.3 is 0 Å². The standard InChI is InChI=1S/C19H12N4O2/c20-10-15(11-21)9-16-13-22(19-4-2-1-3-18(16)19)12-14-5-7-17(8-6-14)23(24)25/h1-9,13H,12H2. The number of para-hydroxylation sites is 1. The van der Waals surface area contributed by atoms with Crippen molar-refractivity contribution in [3.8, 4) is 12.1 Å². The summed E-state index contributed by atoms with van der Waals surface area (Å²) in [5, 5.41) is 29.6. The predicted octanol–water partition coefficient (Wildman–Crippen LogP) is 4.03. The number of hydrogen-bond acceptors (Lipinski definition) is 4. The highest BCUT2D eigenvalue weighted by molar-refractivity contribution is 5.90. The van der Waals surface area contributed by atoms with Crippen molar-refractivity contribution in [2.45, 2.75) is 6.54 Å². The van der Waals surface area contributed by atoms with Crippen LogP contribution in [0.1, 0.15) is 11.1 Å². The zero-order valence-corrected chi connectivity index (χ0v) is 13.1. The first-order chi connectivity index (χ1) is 12.1. The van der Waals surface area contributed by atoms with Gasteiger partial charge in [0.15, 0.2) is 0 Å². The van der Waals surface area contributed by atoms with Crippen molar-refractivity contribution in [2.24, 2.45) is 0 Å². The third-order valence-electron chi connectivity index (χ3n) is 3.86. The highest BCUT2D eigenvalue weighted by Crippen LogP contribution is 2.25. The molecule has 1 heterocycles. The maximum atomic E-state index is 10.7. The Labute approximate surface area is 143 Å². The molecule has 25 heavy (non-hydrogen) atoms. The SMILES string of the molecule is N#CC(C#N)=Cc1cn(Cc2ccc([N+](=O)[O-])cc2)c2ccccc12. The average Bonchev–Trinajstić information content (AvgIpc) is 2.98. The van der Waals surface area contributed by atoms with Gasteiger partial charge in [-0.05, 0) is 17.7 Å². The molecule has 0 aliphatic heterocycles. The summed E-state index contributed by atoms with van der Waals surface area (Å²) in [7, 11) is 0. The molecule has 2 aromatic carbocycles. The Hall–Kier alpha value is -3.90. The summed E-state index contributed by atoms with van der Waals surface area (Å²) in [6, 6.07) is 17.8. The molecule has 0 saturated carbocycles. The third-order valence-corrected chi connectivity index (χ3v) is 3.86. The number of non-ortho nitro benzene ring substituents is 1. The molecule has 0 bridgehead atoms. The molecule has 0 radical (unpaired) electrons.